The smallest absolute Gasteiger partial charge is 0.0933 e. The van der Waals surface area contributed by atoms with Gasteiger partial charge in [-0.1, -0.05) is 30.3 Å². The fraction of sp³-hybridized carbons (Fsp3) is 0.214. The van der Waals surface area contributed by atoms with Crippen molar-refractivity contribution in [2.75, 3.05) is 6.54 Å². The summed E-state index contributed by atoms with van der Waals surface area (Å²) in [5, 5.41) is 0. The molecule has 1 aromatic heterocycles. The van der Waals surface area contributed by atoms with Crippen LogP contribution in [-0.4, -0.2) is 11.5 Å². The van der Waals surface area contributed by atoms with E-state index in [1.807, 2.05) is 42.5 Å². The summed E-state index contributed by atoms with van der Waals surface area (Å²) in [6.07, 6.45) is 4.55. The second-order valence-corrected chi connectivity index (χ2v) is 3.77. The van der Waals surface area contributed by atoms with Gasteiger partial charge in [-0.15, -0.1) is 0 Å². The first-order valence-electron chi connectivity index (χ1n) is 5.72. The first-order chi connectivity index (χ1) is 8.45. The highest BCUT2D eigenvalue weighted by Gasteiger charge is 1.93. The minimum atomic E-state index is 0.594. The Morgan fingerprint density at radius 1 is 0.941 bits per heavy atom. The van der Waals surface area contributed by atoms with Gasteiger partial charge in [-0.3, -0.25) is 9.82 Å². The SMILES string of the molecule is c1ccc(CONCCc2ccncc2)cc1. The molecule has 0 aliphatic carbocycles. The van der Waals surface area contributed by atoms with Gasteiger partial charge in [-0.05, 0) is 29.7 Å². The number of nitrogens with zero attached hydrogens (tertiary/aromatic N) is 1. The number of hydrogen-bond donors (Lipinski definition) is 1. The summed E-state index contributed by atoms with van der Waals surface area (Å²) in [5.41, 5.74) is 5.39. The Kier molecular flexibility index (Phi) is 4.69. The first-order valence-corrected chi connectivity index (χ1v) is 5.72. The van der Waals surface area contributed by atoms with Crippen molar-refractivity contribution in [2.24, 2.45) is 0 Å². The number of aromatic nitrogens is 1. The molecule has 1 heterocycles. The van der Waals surface area contributed by atoms with Crippen LogP contribution in [0.25, 0.3) is 0 Å². The summed E-state index contributed by atoms with van der Waals surface area (Å²) in [6, 6.07) is 14.1. The maximum atomic E-state index is 5.38. The number of benzene rings is 1. The molecule has 0 spiro atoms. The third kappa shape index (κ3) is 4.34. The quantitative estimate of drug-likeness (QED) is 0.608. The van der Waals surface area contributed by atoms with Gasteiger partial charge in [0.1, 0.15) is 0 Å². The predicted octanol–water partition coefficient (Wildman–Crippen LogP) is 2.35. The van der Waals surface area contributed by atoms with E-state index in [0.29, 0.717) is 6.61 Å². The fourth-order valence-electron chi connectivity index (χ4n) is 1.53. The molecular formula is C14H16N2O. The van der Waals surface area contributed by atoms with E-state index in [-0.39, 0.29) is 0 Å². The Morgan fingerprint density at radius 3 is 2.47 bits per heavy atom. The predicted molar refractivity (Wildman–Crippen MR) is 67.2 cm³/mol. The van der Waals surface area contributed by atoms with Crippen molar-refractivity contribution in [1.29, 1.82) is 0 Å². The summed E-state index contributed by atoms with van der Waals surface area (Å²) < 4.78 is 0. The van der Waals surface area contributed by atoms with E-state index in [1.165, 1.54) is 11.1 Å². The Labute approximate surface area is 101 Å². The van der Waals surface area contributed by atoms with Crippen molar-refractivity contribution in [1.82, 2.24) is 10.5 Å². The maximum absolute atomic E-state index is 5.38. The lowest BCUT2D eigenvalue weighted by Crippen LogP contribution is -2.17. The van der Waals surface area contributed by atoms with Crippen molar-refractivity contribution in [3.63, 3.8) is 0 Å². The minimum absolute atomic E-state index is 0.594. The van der Waals surface area contributed by atoms with Crippen molar-refractivity contribution in [3.8, 4) is 0 Å². The Morgan fingerprint density at radius 2 is 1.71 bits per heavy atom. The number of pyridine rings is 1. The molecule has 3 nitrogen and oxygen atoms in total. The molecule has 1 aromatic carbocycles. The van der Waals surface area contributed by atoms with E-state index in [4.69, 9.17) is 4.84 Å². The van der Waals surface area contributed by atoms with Crippen LogP contribution in [0.15, 0.2) is 54.9 Å². The molecule has 0 saturated carbocycles. The lowest BCUT2D eigenvalue weighted by atomic mass is 10.2. The van der Waals surface area contributed by atoms with Crippen LogP contribution in [0.4, 0.5) is 0 Å². The summed E-state index contributed by atoms with van der Waals surface area (Å²) in [7, 11) is 0. The van der Waals surface area contributed by atoms with Crippen LogP contribution in [0.2, 0.25) is 0 Å². The minimum Gasteiger partial charge on any atom is -0.297 e. The second-order valence-electron chi connectivity index (χ2n) is 3.77. The molecule has 0 atom stereocenters. The van der Waals surface area contributed by atoms with Crippen LogP contribution in [0, 0.1) is 0 Å². The molecule has 88 valence electrons. The van der Waals surface area contributed by atoms with E-state index >= 15 is 0 Å². The number of hydroxylamine groups is 1. The zero-order valence-corrected chi connectivity index (χ0v) is 9.67. The summed E-state index contributed by atoms with van der Waals surface area (Å²) in [4.78, 5) is 9.35. The maximum Gasteiger partial charge on any atom is 0.0933 e. The highest BCUT2D eigenvalue weighted by Crippen LogP contribution is 1.99. The molecule has 17 heavy (non-hydrogen) atoms. The van der Waals surface area contributed by atoms with Crippen LogP contribution in [0.3, 0.4) is 0 Å². The molecule has 2 aromatic rings. The summed E-state index contributed by atoms with van der Waals surface area (Å²) >= 11 is 0. The normalized spacial score (nSPS) is 10.4. The molecule has 0 unspecified atom stereocenters. The summed E-state index contributed by atoms with van der Waals surface area (Å²) in [6.45, 7) is 1.40. The van der Waals surface area contributed by atoms with Gasteiger partial charge < -0.3 is 0 Å². The van der Waals surface area contributed by atoms with Crippen molar-refractivity contribution >= 4 is 0 Å². The zero-order chi connectivity index (χ0) is 11.8. The number of nitrogens with one attached hydrogen (secondary N) is 1. The van der Waals surface area contributed by atoms with Gasteiger partial charge in [0, 0.05) is 18.9 Å². The lowest BCUT2D eigenvalue weighted by Gasteiger charge is -2.05. The van der Waals surface area contributed by atoms with Crippen molar-refractivity contribution in [3.05, 3.63) is 66.0 Å². The standard InChI is InChI=1S/C14H16N2O/c1-2-4-14(5-3-1)12-17-16-11-8-13-6-9-15-10-7-13/h1-7,9-10,16H,8,11-12H2. The van der Waals surface area contributed by atoms with Gasteiger partial charge in [0.15, 0.2) is 0 Å². The second kappa shape index (κ2) is 6.78. The zero-order valence-electron chi connectivity index (χ0n) is 9.67. The molecule has 0 saturated heterocycles. The average molecular weight is 228 g/mol. The van der Waals surface area contributed by atoms with Gasteiger partial charge in [0.2, 0.25) is 0 Å². The van der Waals surface area contributed by atoms with E-state index in [2.05, 4.69) is 10.5 Å². The molecular weight excluding hydrogens is 212 g/mol. The van der Waals surface area contributed by atoms with E-state index in [0.717, 1.165) is 13.0 Å². The van der Waals surface area contributed by atoms with E-state index in [9.17, 15) is 0 Å². The van der Waals surface area contributed by atoms with E-state index < -0.39 is 0 Å². The first kappa shape index (κ1) is 11.8. The largest absolute Gasteiger partial charge is 0.297 e. The summed E-state index contributed by atoms with van der Waals surface area (Å²) in [5.74, 6) is 0. The number of hydrogen-bond acceptors (Lipinski definition) is 3. The molecule has 0 radical (unpaired) electrons. The third-order valence-corrected chi connectivity index (χ3v) is 2.45. The molecule has 0 fully saturated rings. The van der Waals surface area contributed by atoms with Gasteiger partial charge in [-0.2, -0.15) is 0 Å². The molecule has 3 heteroatoms. The molecule has 0 bridgehead atoms. The third-order valence-electron chi connectivity index (χ3n) is 2.45. The van der Waals surface area contributed by atoms with Crippen LogP contribution in [0.1, 0.15) is 11.1 Å². The Hall–Kier alpha value is -1.71. The van der Waals surface area contributed by atoms with Gasteiger partial charge in [0.25, 0.3) is 0 Å². The van der Waals surface area contributed by atoms with E-state index in [1.54, 1.807) is 12.4 Å². The van der Waals surface area contributed by atoms with Gasteiger partial charge in [0.05, 0.1) is 6.61 Å². The number of rotatable bonds is 6. The van der Waals surface area contributed by atoms with Crippen LogP contribution >= 0.6 is 0 Å². The highest BCUT2D eigenvalue weighted by molar-refractivity contribution is 5.13. The van der Waals surface area contributed by atoms with Gasteiger partial charge >= 0.3 is 0 Å². The van der Waals surface area contributed by atoms with Crippen molar-refractivity contribution < 1.29 is 4.84 Å². The average Bonchev–Trinajstić information content (AvgIpc) is 2.41. The Balaban J connectivity index is 1.61. The highest BCUT2D eigenvalue weighted by atomic mass is 16.6. The molecule has 2 rings (SSSR count). The fourth-order valence-corrected chi connectivity index (χ4v) is 1.53. The van der Waals surface area contributed by atoms with Crippen LogP contribution in [-0.2, 0) is 17.9 Å². The van der Waals surface area contributed by atoms with Crippen LogP contribution in [0.5, 0.6) is 0 Å². The van der Waals surface area contributed by atoms with Gasteiger partial charge in [-0.25, -0.2) is 5.48 Å². The molecule has 0 amide bonds. The lowest BCUT2D eigenvalue weighted by molar-refractivity contribution is 0.0288. The topological polar surface area (TPSA) is 34.1 Å². The monoisotopic (exact) mass is 228 g/mol. The molecule has 1 N–H and O–H groups in total. The molecule has 0 aliphatic rings. The molecule has 0 aliphatic heterocycles. The van der Waals surface area contributed by atoms with Crippen LogP contribution < -0.4 is 5.48 Å². The van der Waals surface area contributed by atoms with Crippen molar-refractivity contribution in [2.45, 2.75) is 13.0 Å². The Bertz CT molecular complexity index is 375.